The molecule has 6 nitrogen and oxygen atoms in total. The van der Waals surface area contributed by atoms with Gasteiger partial charge in [0.25, 0.3) is 0 Å². The minimum atomic E-state index is -0.0515. The van der Waals surface area contributed by atoms with Crippen LogP contribution in [0.2, 0.25) is 0 Å². The van der Waals surface area contributed by atoms with Gasteiger partial charge in [-0.25, -0.2) is 0 Å². The number of Topliss-reactive ketones (excluding diaryl/α,β-unsaturated/α-hetero) is 1. The van der Waals surface area contributed by atoms with Crippen molar-refractivity contribution in [2.24, 2.45) is 0 Å². The van der Waals surface area contributed by atoms with Gasteiger partial charge in [-0.3, -0.25) is 4.79 Å². The van der Waals surface area contributed by atoms with E-state index in [0.29, 0.717) is 23.7 Å². The predicted octanol–water partition coefficient (Wildman–Crippen LogP) is 3.60. The van der Waals surface area contributed by atoms with Crippen LogP contribution in [0.3, 0.4) is 0 Å². The Morgan fingerprint density at radius 2 is 2.08 bits per heavy atom. The van der Waals surface area contributed by atoms with Crippen molar-refractivity contribution in [2.45, 2.75) is 20.4 Å². The van der Waals surface area contributed by atoms with Crippen molar-refractivity contribution >= 4 is 5.78 Å². The summed E-state index contributed by atoms with van der Waals surface area (Å²) in [5.74, 6) is 0.998. The lowest BCUT2D eigenvalue weighted by Crippen LogP contribution is -2.12. The summed E-state index contributed by atoms with van der Waals surface area (Å²) in [5.41, 5.74) is 3.44. The van der Waals surface area contributed by atoms with E-state index in [9.17, 15) is 4.79 Å². The number of rotatable bonds is 7. The molecular weight excluding hydrogens is 318 g/mol. The Morgan fingerprint density at radius 1 is 1.32 bits per heavy atom. The summed E-state index contributed by atoms with van der Waals surface area (Å²) < 4.78 is 12.8. The fourth-order valence-electron chi connectivity index (χ4n) is 2.71. The Labute approximate surface area is 145 Å². The topological polar surface area (TPSA) is 70.2 Å². The molecule has 128 valence electrons. The number of aryl methyl sites for hydroxylation is 1. The van der Waals surface area contributed by atoms with E-state index in [1.54, 1.807) is 12.1 Å². The van der Waals surface area contributed by atoms with Crippen molar-refractivity contribution in [3.05, 3.63) is 66.3 Å². The first-order valence-corrected chi connectivity index (χ1v) is 7.90. The quantitative estimate of drug-likeness (QED) is 0.486. The molecule has 2 aromatic heterocycles. The molecule has 25 heavy (non-hydrogen) atoms. The molecule has 0 N–H and O–H groups in total. The lowest BCUT2D eigenvalue weighted by atomic mass is 10.1. The van der Waals surface area contributed by atoms with E-state index in [1.165, 1.54) is 6.39 Å². The molecule has 0 aliphatic heterocycles. The van der Waals surface area contributed by atoms with E-state index in [-0.39, 0.29) is 12.4 Å². The molecule has 3 aromatic rings. The fraction of sp³-hybridized carbons (Fsp3) is 0.211. The van der Waals surface area contributed by atoms with E-state index in [1.807, 2.05) is 38.1 Å². The summed E-state index contributed by atoms with van der Waals surface area (Å²) >= 11 is 0. The molecule has 1 aromatic carbocycles. The first-order chi connectivity index (χ1) is 12.1. The van der Waals surface area contributed by atoms with Gasteiger partial charge in [-0.2, -0.15) is 0 Å². The highest BCUT2D eigenvalue weighted by Gasteiger charge is 2.15. The number of benzene rings is 1. The molecule has 0 saturated heterocycles. The molecule has 0 spiro atoms. The number of allylic oxidation sites excluding steroid dienone is 1. The van der Waals surface area contributed by atoms with Gasteiger partial charge in [0.1, 0.15) is 5.75 Å². The molecule has 0 saturated carbocycles. The zero-order chi connectivity index (χ0) is 17.8. The normalized spacial score (nSPS) is 10.6. The third-order valence-corrected chi connectivity index (χ3v) is 4.02. The Kier molecular flexibility index (Phi) is 4.79. The molecule has 3 rings (SSSR count). The Bertz CT molecular complexity index is 878. The lowest BCUT2D eigenvalue weighted by Gasteiger charge is -2.07. The zero-order valence-electron chi connectivity index (χ0n) is 14.2. The maximum Gasteiger partial charge on any atom is 0.247 e. The van der Waals surface area contributed by atoms with Crippen LogP contribution < -0.4 is 4.74 Å². The van der Waals surface area contributed by atoms with Crippen LogP contribution >= 0.6 is 0 Å². The molecule has 0 aliphatic rings. The van der Waals surface area contributed by atoms with Gasteiger partial charge in [-0.15, -0.1) is 16.8 Å². The number of carbonyl (C=O) groups is 1. The van der Waals surface area contributed by atoms with Crippen LogP contribution in [0.5, 0.6) is 5.75 Å². The summed E-state index contributed by atoms with van der Waals surface area (Å²) in [5, 5.41) is 7.49. The number of hydrogen-bond acceptors (Lipinski definition) is 5. The van der Waals surface area contributed by atoms with Crippen molar-refractivity contribution < 1.29 is 13.9 Å². The Balaban J connectivity index is 1.66. The van der Waals surface area contributed by atoms with Gasteiger partial charge in [0.05, 0.1) is 0 Å². The maximum atomic E-state index is 12.5. The van der Waals surface area contributed by atoms with E-state index in [0.717, 1.165) is 17.0 Å². The van der Waals surface area contributed by atoms with Crippen LogP contribution in [-0.4, -0.2) is 27.2 Å². The van der Waals surface area contributed by atoms with E-state index < -0.39 is 0 Å². The highest BCUT2D eigenvalue weighted by atomic mass is 16.5. The van der Waals surface area contributed by atoms with Gasteiger partial charge >= 0.3 is 0 Å². The molecule has 0 radical (unpaired) electrons. The number of nitrogens with zero attached hydrogens (tertiary/aromatic N) is 3. The smallest absolute Gasteiger partial charge is 0.247 e. The van der Waals surface area contributed by atoms with Crippen molar-refractivity contribution in [2.75, 3.05) is 6.61 Å². The summed E-state index contributed by atoms with van der Waals surface area (Å²) in [4.78, 5) is 12.5. The molecule has 0 amide bonds. The van der Waals surface area contributed by atoms with Gasteiger partial charge < -0.3 is 13.7 Å². The monoisotopic (exact) mass is 337 g/mol. The third-order valence-electron chi connectivity index (χ3n) is 4.02. The number of ketones is 1. The Hall–Kier alpha value is -3.15. The average Bonchev–Trinajstić information content (AvgIpc) is 3.24. The van der Waals surface area contributed by atoms with Crippen molar-refractivity contribution in [1.82, 2.24) is 14.8 Å². The number of carbonyl (C=O) groups excluding carboxylic acids is 1. The van der Waals surface area contributed by atoms with Crippen molar-refractivity contribution in [3.8, 4) is 17.2 Å². The number of aromatic nitrogens is 3. The number of hydrogen-bond donors (Lipinski definition) is 0. The molecule has 2 heterocycles. The van der Waals surface area contributed by atoms with Crippen molar-refractivity contribution in [1.29, 1.82) is 0 Å². The first-order valence-electron chi connectivity index (χ1n) is 7.90. The molecule has 6 heteroatoms. The summed E-state index contributed by atoms with van der Waals surface area (Å²) in [6.07, 6.45) is 3.09. The van der Waals surface area contributed by atoms with Crippen LogP contribution in [0.25, 0.3) is 11.5 Å². The second-order valence-electron chi connectivity index (χ2n) is 5.66. The van der Waals surface area contributed by atoms with Crippen LogP contribution in [0.15, 0.2) is 53.8 Å². The van der Waals surface area contributed by atoms with Crippen LogP contribution in [-0.2, 0) is 6.54 Å². The standard InChI is InChI=1S/C19H19N3O3/c1-4-9-22-13(2)10-17(14(22)3)18(23)11-24-16-7-5-15(6-8-16)19-21-20-12-25-19/h4-8,10,12H,1,9,11H2,2-3H3. The molecule has 0 unspecified atom stereocenters. The fourth-order valence-corrected chi connectivity index (χ4v) is 2.71. The van der Waals surface area contributed by atoms with Crippen LogP contribution in [0, 0.1) is 13.8 Å². The van der Waals surface area contributed by atoms with E-state index >= 15 is 0 Å². The summed E-state index contributed by atoms with van der Waals surface area (Å²) in [7, 11) is 0. The Morgan fingerprint density at radius 3 is 2.72 bits per heavy atom. The summed E-state index contributed by atoms with van der Waals surface area (Å²) in [6, 6.07) is 9.05. The SMILES string of the molecule is C=CCn1c(C)cc(C(=O)COc2ccc(-c3nnco3)cc2)c1C. The average molecular weight is 337 g/mol. The van der Waals surface area contributed by atoms with Gasteiger partial charge in [-0.1, -0.05) is 6.08 Å². The minimum absolute atomic E-state index is 0.0156. The van der Waals surface area contributed by atoms with E-state index in [2.05, 4.69) is 21.3 Å². The number of ether oxygens (including phenoxy) is 1. The minimum Gasteiger partial charge on any atom is -0.485 e. The second-order valence-corrected chi connectivity index (χ2v) is 5.66. The van der Waals surface area contributed by atoms with Crippen LogP contribution in [0.1, 0.15) is 21.7 Å². The van der Waals surface area contributed by atoms with Gasteiger partial charge in [-0.05, 0) is 44.2 Å². The van der Waals surface area contributed by atoms with Gasteiger partial charge in [0.2, 0.25) is 18.1 Å². The molecule has 0 aliphatic carbocycles. The third kappa shape index (κ3) is 3.52. The highest BCUT2D eigenvalue weighted by molar-refractivity contribution is 5.98. The lowest BCUT2D eigenvalue weighted by molar-refractivity contribution is 0.0921. The highest BCUT2D eigenvalue weighted by Crippen LogP contribution is 2.21. The predicted molar refractivity (Wildman–Crippen MR) is 93.7 cm³/mol. The molecular formula is C19H19N3O3. The largest absolute Gasteiger partial charge is 0.485 e. The van der Waals surface area contributed by atoms with Gasteiger partial charge in [0, 0.05) is 29.1 Å². The van der Waals surface area contributed by atoms with Crippen LogP contribution in [0.4, 0.5) is 0 Å². The molecule has 0 fully saturated rings. The summed E-state index contributed by atoms with van der Waals surface area (Å²) in [6.45, 7) is 8.33. The zero-order valence-corrected chi connectivity index (χ0v) is 14.2. The maximum absolute atomic E-state index is 12.5. The second kappa shape index (κ2) is 7.17. The molecule has 0 bridgehead atoms. The first kappa shape index (κ1) is 16.7. The van der Waals surface area contributed by atoms with E-state index in [4.69, 9.17) is 9.15 Å². The molecule has 0 atom stereocenters. The van der Waals surface area contributed by atoms with Crippen molar-refractivity contribution in [3.63, 3.8) is 0 Å². The van der Waals surface area contributed by atoms with Gasteiger partial charge in [0.15, 0.2) is 6.61 Å².